The highest BCUT2D eigenvalue weighted by Crippen LogP contribution is 2.14. The summed E-state index contributed by atoms with van der Waals surface area (Å²) < 4.78 is 0. The molecule has 0 aliphatic rings. The molecule has 1 aromatic rings. The van der Waals surface area contributed by atoms with Crippen molar-refractivity contribution in [3.63, 3.8) is 0 Å². The van der Waals surface area contributed by atoms with Crippen LogP contribution in [0.15, 0.2) is 24.3 Å². The van der Waals surface area contributed by atoms with Crippen LogP contribution in [0.4, 0.5) is 11.4 Å². The maximum Gasteiger partial charge on any atom is 0.239 e. The second kappa shape index (κ2) is 6.78. The van der Waals surface area contributed by atoms with Gasteiger partial charge in [-0.2, -0.15) is 0 Å². The number of nitrogens with two attached hydrogens (primary N) is 1. The van der Waals surface area contributed by atoms with Gasteiger partial charge in [-0.25, -0.2) is 0 Å². The third-order valence-electron chi connectivity index (χ3n) is 2.57. The van der Waals surface area contributed by atoms with Crippen LogP contribution in [-0.4, -0.2) is 26.0 Å². The molecule has 0 unspecified atom stereocenters. The summed E-state index contributed by atoms with van der Waals surface area (Å²) >= 11 is 0. The van der Waals surface area contributed by atoms with E-state index in [1.54, 1.807) is 0 Å². The Kier molecular flexibility index (Phi) is 5.33. The maximum atomic E-state index is 11.6. The summed E-state index contributed by atoms with van der Waals surface area (Å²) in [6.07, 6.45) is 2.12. The van der Waals surface area contributed by atoms with Gasteiger partial charge in [0.15, 0.2) is 0 Å². The number of unbranched alkanes of at least 4 members (excludes halogenated alkanes) is 1. The van der Waals surface area contributed by atoms with Crippen LogP contribution in [0.25, 0.3) is 0 Å². The zero-order valence-electron chi connectivity index (χ0n) is 10.6. The summed E-state index contributed by atoms with van der Waals surface area (Å²) in [5.74, 6) is 0.0535. The number of carbonyl (C=O) groups excluding carboxylic acids is 1. The van der Waals surface area contributed by atoms with Crippen molar-refractivity contribution in [3.05, 3.63) is 24.3 Å². The molecule has 0 atom stereocenters. The standard InChI is InChI=1S/C13H21N3O/c1-3-4-9-15-13(17)10-16(2)12-7-5-11(14)6-8-12/h5-8H,3-4,9-10,14H2,1-2H3,(H,15,17). The van der Waals surface area contributed by atoms with Crippen molar-refractivity contribution >= 4 is 17.3 Å². The summed E-state index contributed by atoms with van der Waals surface area (Å²) in [5, 5.41) is 2.89. The number of amides is 1. The van der Waals surface area contributed by atoms with Crippen molar-refractivity contribution in [2.24, 2.45) is 0 Å². The van der Waals surface area contributed by atoms with E-state index in [9.17, 15) is 4.79 Å². The Balaban J connectivity index is 2.40. The van der Waals surface area contributed by atoms with Crippen molar-refractivity contribution in [1.82, 2.24) is 5.32 Å². The van der Waals surface area contributed by atoms with Gasteiger partial charge in [0.2, 0.25) is 5.91 Å². The lowest BCUT2D eigenvalue weighted by Crippen LogP contribution is -2.35. The van der Waals surface area contributed by atoms with Crippen LogP contribution in [-0.2, 0) is 4.79 Å². The Morgan fingerprint density at radius 1 is 1.35 bits per heavy atom. The number of hydrogen-bond acceptors (Lipinski definition) is 3. The minimum Gasteiger partial charge on any atom is -0.399 e. The van der Waals surface area contributed by atoms with E-state index < -0.39 is 0 Å². The summed E-state index contributed by atoms with van der Waals surface area (Å²) in [4.78, 5) is 13.5. The summed E-state index contributed by atoms with van der Waals surface area (Å²) in [6, 6.07) is 7.49. The van der Waals surface area contributed by atoms with Crippen LogP contribution in [0.3, 0.4) is 0 Å². The van der Waals surface area contributed by atoms with Gasteiger partial charge in [-0.05, 0) is 30.7 Å². The van der Waals surface area contributed by atoms with E-state index in [0.717, 1.165) is 30.8 Å². The molecule has 0 bridgehead atoms. The molecule has 0 saturated heterocycles. The third kappa shape index (κ3) is 4.76. The molecule has 94 valence electrons. The molecule has 0 saturated carbocycles. The zero-order chi connectivity index (χ0) is 12.7. The van der Waals surface area contributed by atoms with Crippen LogP contribution in [0.5, 0.6) is 0 Å². The first-order valence-corrected chi connectivity index (χ1v) is 5.97. The average Bonchev–Trinajstić information content (AvgIpc) is 2.30. The predicted molar refractivity (Wildman–Crippen MR) is 72.0 cm³/mol. The number of rotatable bonds is 6. The molecule has 0 aliphatic carbocycles. The Morgan fingerprint density at radius 2 is 2.00 bits per heavy atom. The van der Waals surface area contributed by atoms with E-state index in [0.29, 0.717) is 6.54 Å². The number of carbonyl (C=O) groups is 1. The number of nitrogens with one attached hydrogen (secondary N) is 1. The fourth-order valence-electron chi connectivity index (χ4n) is 1.50. The Hall–Kier alpha value is -1.71. The van der Waals surface area contributed by atoms with E-state index in [-0.39, 0.29) is 5.91 Å². The summed E-state index contributed by atoms with van der Waals surface area (Å²) in [5.41, 5.74) is 7.33. The van der Waals surface area contributed by atoms with Gasteiger partial charge in [-0.1, -0.05) is 13.3 Å². The second-order valence-corrected chi connectivity index (χ2v) is 4.15. The molecule has 0 aromatic heterocycles. The molecule has 3 N–H and O–H groups in total. The zero-order valence-corrected chi connectivity index (χ0v) is 10.6. The normalized spacial score (nSPS) is 10.0. The molecule has 0 aliphatic heterocycles. The van der Waals surface area contributed by atoms with E-state index in [1.807, 2.05) is 36.2 Å². The van der Waals surface area contributed by atoms with Gasteiger partial charge in [0.25, 0.3) is 0 Å². The van der Waals surface area contributed by atoms with E-state index in [1.165, 1.54) is 0 Å². The molecular formula is C13H21N3O. The molecule has 1 amide bonds. The monoisotopic (exact) mass is 235 g/mol. The number of nitrogens with zero attached hydrogens (tertiary/aromatic N) is 1. The van der Waals surface area contributed by atoms with Gasteiger partial charge < -0.3 is 16.0 Å². The highest BCUT2D eigenvalue weighted by Gasteiger charge is 2.06. The summed E-state index contributed by atoms with van der Waals surface area (Å²) in [6.45, 7) is 3.23. The van der Waals surface area contributed by atoms with Crippen molar-refractivity contribution in [2.45, 2.75) is 19.8 Å². The molecule has 0 spiro atoms. The topological polar surface area (TPSA) is 58.4 Å². The lowest BCUT2D eigenvalue weighted by Gasteiger charge is -2.18. The first-order valence-electron chi connectivity index (χ1n) is 5.97. The van der Waals surface area contributed by atoms with Gasteiger partial charge in [0, 0.05) is 25.0 Å². The number of benzene rings is 1. The number of nitrogen functional groups attached to an aromatic ring is 1. The van der Waals surface area contributed by atoms with Gasteiger partial charge in [0.1, 0.15) is 0 Å². The van der Waals surface area contributed by atoms with E-state index in [2.05, 4.69) is 12.2 Å². The molecule has 0 radical (unpaired) electrons. The third-order valence-corrected chi connectivity index (χ3v) is 2.57. The quantitative estimate of drug-likeness (QED) is 0.582. The van der Waals surface area contributed by atoms with Crippen molar-refractivity contribution in [3.8, 4) is 0 Å². The fourth-order valence-corrected chi connectivity index (χ4v) is 1.50. The molecular weight excluding hydrogens is 214 g/mol. The van der Waals surface area contributed by atoms with Crippen molar-refractivity contribution in [1.29, 1.82) is 0 Å². The predicted octanol–water partition coefficient (Wildman–Crippen LogP) is 1.62. The van der Waals surface area contributed by atoms with Gasteiger partial charge >= 0.3 is 0 Å². The number of likely N-dealkylation sites (N-methyl/N-ethyl adjacent to an activating group) is 1. The highest BCUT2D eigenvalue weighted by molar-refractivity contribution is 5.81. The Labute approximate surface area is 103 Å². The fraction of sp³-hybridized carbons (Fsp3) is 0.462. The largest absolute Gasteiger partial charge is 0.399 e. The Morgan fingerprint density at radius 3 is 2.59 bits per heavy atom. The minimum absolute atomic E-state index is 0.0535. The molecule has 0 heterocycles. The van der Waals surface area contributed by atoms with Crippen LogP contribution in [0.2, 0.25) is 0 Å². The summed E-state index contributed by atoms with van der Waals surface area (Å²) in [7, 11) is 1.89. The molecule has 17 heavy (non-hydrogen) atoms. The van der Waals surface area contributed by atoms with Crippen molar-refractivity contribution < 1.29 is 4.79 Å². The molecule has 1 aromatic carbocycles. The lowest BCUT2D eigenvalue weighted by molar-refractivity contribution is -0.119. The van der Waals surface area contributed by atoms with Crippen molar-refractivity contribution in [2.75, 3.05) is 30.8 Å². The first-order chi connectivity index (χ1) is 8.13. The van der Waals surface area contributed by atoms with Gasteiger partial charge in [0.05, 0.1) is 6.54 Å². The minimum atomic E-state index is 0.0535. The molecule has 4 nitrogen and oxygen atoms in total. The number of hydrogen-bond donors (Lipinski definition) is 2. The average molecular weight is 235 g/mol. The van der Waals surface area contributed by atoms with Crippen LogP contribution < -0.4 is 16.0 Å². The van der Waals surface area contributed by atoms with Gasteiger partial charge in [-0.15, -0.1) is 0 Å². The SMILES string of the molecule is CCCCNC(=O)CN(C)c1ccc(N)cc1. The lowest BCUT2D eigenvalue weighted by atomic mass is 10.2. The smallest absolute Gasteiger partial charge is 0.239 e. The maximum absolute atomic E-state index is 11.6. The second-order valence-electron chi connectivity index (χ2n) is 4.15. The molecule has 4 heteroatoms. The first kappa shape index (κ1) is 13.4. The highest BCUT2D eigenvalue weighted by atomic mass is 16.2. The van der Waals surface area contributed by atoms with Crippen LogP contribution in [0, 0.1) is 0 Å². The van der Waals surface area contributed by atoms with E-state index >= 15 is 0 Å². The van der Waals surface area contributed by atoms with E-state index in [4.69, 9.17) is 5.73 Å². The van der Waals surface area contributed by atoms with Crippen LogP contribution in [0.1, 0.15) is 19.8 Å². The van der Waals surface area contributed by atoms with Crippen LogP contribution >= 0.6 is 0 Å². The number of anilines is 2. The Bertz CT molecular complexity index is 348. The molecule has 1 rings (SSSR count). The molecule has 0 fully saturated rings. The van der Waals surface area contributed by atoms with Gasteiger partial charge in [-0.3, -0.25) is 4.79 Å².